The first-order chi connectivity index (χ1) is 8.15. The van der Waals surface area contributed by atoms with Crippen LogP contribution in [0.2, 0.25) is 0 Å². The highest BCUT2D eigenvalue weighted by molar-refractivity contribution is 9.11. The Kier molecular flexibility index (Phi) is 5.81. The fourth-order valence-electron chi connectivity index (χ4n) is 1.16. The molecule has 0 unspecified atom stereocenters. The third-order valence-corrected chi connectivity index (χ3v) is 3.09. The molecule has 1 N–H and O–H groups in total. The molecule has 0 bridgehead atoms. The summed E-state index contributed by atoms with van der Waals surface area (Å²) in [6.45, 7) is 4.03. The largest absolute Gasteiger partial charge is 0.347 e. The molecule has 1 rings (SSSR count). The van der Waals surface area contributed by atoms with Crippen molar-refractivity contribution in [3.05, 3.63) is 40.9 Å². The van der Waals surface area contributed by atoms with Gasteiger partial charge >= 0.3 is 0 Å². The van der Waals surface area contributed by atoms with E-state index in [1.54, 1.807) is 12.1 Å². The molecule has 0 spiro atoms. The summed E-state index contributed by atoms with van der Waals surface area (Å²) in [7, 11) is 0. The molecule has 1 amide bonds. The van der Waals surface area contributed by atoms with E-state index in [9.17, 15) is 4.79 Å². The molecule has 0 atom stereocenters. The third kappa shape index (κ3) is 4.63. The molecule has 0 aromatic heterocycles. The Morgan fingerprint density at radius 3 is 2.88 bits per heavy atom. The van der Waals surface area contributed by atoms with Crippen molar-refractivity contribution in [2.75, 3.05) is 12.3 Å². The van der Waals surface area contributed by atoms with Crippen LogP contribution in [0.3, 0.4) is 0 Å². The summed E-state index contributed by atoms with van der Waals surface area (Å²) in [5, 5.41) is 11.3. The first-order valence-electron chi connectivity index (χ1n) is 4.85. The zero-order chi connectivity index (χ0) is 12.7. The lowest BCUT2D eigenvalue weighted by Crippen LogP contribution is -2.24. The van der Waals surface area contributed by atoms with Crippen molar-refractivity contribution < 1.29 is 4.79 Å². The highest BCUT2D eigenvalue weighted by Gasteiger charge is 2.10. The van der Waals surface area contributed by atoms with Crippen LogP contribution in [0.4, 0.5) is 0 Å². The second-order valence-electron chi connectivity index (χ2n) is 3.14. The number of carbonyl (C=O) groups excluding carboxylic acids is 1. The Morgan fingerprint density at radius 1 is 1.53 bits per heavy atom. The molecule has 1 aromatic rings. The van der Waals surface area contributed by atoms with Crippen molar-refractivity contribution in [2.45, 2.75) is 4.90 Å². The zero-order valence-electron chi connectivity index (χ0n) is 9.07. The summed E-state index contributed by atoms with van der Waals surface area (Å²) in [5.74, 6) is 0.168. The Morgan fingerprint density at radius 2 is 2.24 bits per heavy atom. The fourth-order valence-corrected chi connectivity index (χ4v) is 2.01. The molecular weight excluding hydrogens is 300 g/mol. The molecule has 0 saturated heterocycles. The van der Waals surface area contributed by atoms with Gasteiger partial charge in [0.25, 0.3) is 5.91 Å². The molecular formula is C12H11BrN2OS. The zero-order valence-corrected chi connectivity index (χ0v) is 11.5. The predicted octanol–water partition coefficient (Wildman–Crippen LogP) is 2.94. The van der Waals surface area contributed by atoms with Crippen LogP contribution in [-0.4, -0.2) is 18.2 Å². The molecule has 5 heteroatoms. The number of rotatable bonds is 5. The molecule has 0 aliphatic rings. The van der Waals surface area contributed by atoms with E-state index < -0.39 is 0 Å². The van der Waals surface area contributed by atoms with Crippen LogP contribution < -0.4 is 5.32 Å². The lowest BCUT2D eigenvalue weighted by atomic mass is 10.2. The standard InChI is InChI=1S/C12H11BrN2OS/c1-9(13)8-15-12(16)10-4-2-3-5-11(10)17-7-6-14/h2-5H,1,7-8H2,(H,15,16). The minimum absolute atomic E-state index is 0.161. The first-order valence-corrected chi connectivity index (χ1v) is 6.63. The van der Waals surface area contributed by atoms with Gasteiger partial charge in [0.2, 0.25) is 0 Å². The second kappa shape index (κ2) is 7.15. The average molecular weight is 311 g/mol. The van der Waals surface area contributed by atoms with E-state index in [0.29, 0.717) is 22.3 Å². The summed E-state index contributed by atoms with van der Waals surface area (Å²) in [4.78, 5) is 12.7. The van der Waals surface area contributed by atoms with Gasteiger partial charge in [-0.15, -0.1) is 11.8 Å². The van der Waals surface area contributed by atoms with Gasteiger partial charge in [-0.05, 0) is 12.1 Å². The number of hydrogen-bond donors (Lipinski definition) is 1. The Bertz CT molecular complexity index is 468. The van der Waals surface area contributed by atoms with Crippen molar-refractivity contribution in [1.29, 1.82) is 5.26 Å². The fraction of sp³-hybridized carbons (Fsp3) is 0.167. The van der Waals surface area contributed by atoms with Gasteiger partial charge in [0.15, 0.2) is 0 Å². The van der Waals surface area contributed by atoms with Crippen molar-refractivity contribution in [3.63, 3.8) is 0 Å². The number of nitrogens with zero attached hydrogens (tertiary/aromatic N) is 1. The molecule has 0 radical (unpaired) electrons. The van der Waals surface area contributed by atoms with Gasteiger partial charge in [-0.3, -0.25) is 4.79 Å². The van der Waals surface area contributed by atoms with Gasteiger partial charge < -0.3 is 5.32 Å². The van der Waals surface area contributed by atoms with Gasteiger partial charge in [-0.25, -0.2) is 0 Å². The molecule has 1 aromatic carbocycles. The number of benzene rings is 1. The van der Waals surface area contributed by atoms with E-state index in [0.717, 1.165) is 4.90 Å². The van der Waals surface area contributed by atoms with E-state index in [4.69, 9.17) is 5.26 Å². The van der Waals surface area contributed by atoms with Crippen molar-refractivity contribution in [1.82, 2.24) is 5.32 Å². The molecule has 0 aliphatic heterocycles. The van der Waals surface area contributed by atoms with E-state index in [1.807, 2.05) is 18.2 Å². The van der Waals surface area contributed by atoms with Crippen LogP contribution in [-0.2, 0) is 0 Å². The summed E-state index contributed by atoms with van der Waals surface area (Å²) in [6.07, 6.45) is 0. The minimum Gasteiger partial charge on any atom is -0.347 e. The van der Waals surface area contributed by atoms with Crippen LogP contribution in [0.5, 0.6) is 0 Å². The Balaban J connectivity index is 2.78. The van der Waals surface area contributed by atoms with Crippen molar-refractivity contribution >= 4 is 33.6 Å². The summed E-state index contributed by atoms with van der Waals surface area (Å²) in [6, 6.07) is 9.26. The van der Waals surface area contributed by atoms with E-state index in [2.05, 4.69) is 27.8 Å². The number of hydrogen-bond acceptors (Lipinski definition) is 3. The van der Waals surface area contributed by atoms with Crippen LogP contribution in [0, 0.1) is 11.3 Å². The normalized spacial score (nSPS) is 9.41. The van der Waals surface area contributed by atoms with Crippen LogP contribution >= 0.6 is 27.7 Å². The summed E-state index contributed by atoms with van der Waals surface area (Å²) < 4.78 is 0.716. The quantitative estimate of drug-likeness (QED) is 0.851. The van der Waals surface area contributed by atoms with Crippen LogP contribution in [0.1, 0.15) is 10.4 Å². The smallest absolute Gasteiger partial charge is 0.252 e. The highest BCUT2D eigenvalue weighted by atomic mass is 79.9. The van der Waals surface area contributed by atoms with E-state index in [1.165, 1.54) is 11.8 Å². The van der Waals surface area contributed by atoms with Gasteiger partial charge in [0.1, 0.15) is 0 Å². The number of halogens is 1. The maximum Gasteiger partial charge on any atom is 0.252 e. The third-order valence-electron chi connectivity index (χ3n) is 1.86. The summed E-state index contributed by atoms with van der Waals surface area (Å²) >= 11 is 4.53. The number of thioether (sulfide) groups is 1. The monoisotopic (exact) mass is 310 g/mol. The minimum atomic E-state index is -0.161. The molecule has 0 fully saturated rings. The Hall–Kier alpha value is -1.25. The SMILES string of the molecule is C=C(Br)CNC(=O)c1ccccc1SCC#N. The summed E-state index contributed by atoms with van der Waals surface area (Å²) in [5.41, 5.74) is 0.585. The first kappa shape index (κ1) is 13.8. The topological polar surface area (TPSA) is 52.9 Å². The number of amides is 1. The van der Waals surface area contributed by atoms with Gasteiger partial charge in [-0.2, -0.15) is 5.26 Å². The van der Waals surface area contributed by atoms with E-state index >= 15 is 0 Å². The van der Waals surface area contributed by atoms with Gasteiger partial charge in [0, 0.05) is 15.9 Å². The Labute approximate surface area is 113 Å². The van der Waals surface area contributed by atoms with E-state index in [-0.39, 0.29) is 5.91 Å². The lowest BCUT2D eigenvalue weighted by Gasteiger charge is -2.08. The predicted molar refractivity (Wildman–Crippen MR) is 73.2 cm³/mol. The number of carbonyl (C=O) groups is 1. The molecule has 0 aliphatic carbocycles. The molecule has 0 heterocycles. The second-order valence-corrected chi connectivity index (χ2v) is 5.28. The molecule has 0 saturated carbocycles. The van der Waals surface area contributed by atoms with Crippen LogP contribution in [0.25, 0.3) is 0 Å². The van der Waals surface area contributed by atoms with Crippen molar-refractivity contribution in [3.8, 4) is 6.07 Å². The maximum atomic E-state index is 11.9. The average Bonchev–Trinajstić information content (AvgIpc) is 2.33. The maximum absolute atomic E-state index is 11.9. The van der Waals surface area contributed by atoms with Gasteiger partial charge in [-0.1, -0.05) is 34.6 Å². The van der Waals surface area contributed by atoms with Gasteiger partial charge in [0.05, 0.1) is 17.4 Å². The number of nitrogens with one attached hydrogen (secondary N) is 1. The molecule has 88 valence electrons. The van der Waals surface area contributed by atoms with Crippen LogP contribution in [0.15, 0.2) is 40.2 Å². The number of nitriles is 1. The van der Waals surface area contributed by atoms with Crippen molar-refractivity contribution in [2.24, 2.45) is 0 Å². The molecule has 3 nitrogen and oxygen atoms in total. The molecule has 17 heavy (non-hydrogen) atoms. The lowest BCUT2D eigenvalue weighted by molar-refractivity contribution is 0.0955. The highest BCUT2D eigenvalue weighted by Crippen LogP contribution is 2.22.